The van der Waals surface area contributed by atoms with Crippen LogP contribution in [0.15, 0.2) is 42.5 Å². The Morgan fingerprint density at radius 2 is 1.88 bits per heavy atom. The van der Waals surface area contributed by atoms with Gasteiger partial charge in [-0.15, -0.1) is 0 Å². The minimum atomic E-state index is -3.55. The molecule has 2 N–H and O–H groups in total. The number of morpholine rings is 1. The molecule has 5 rings (SSSR count). The van der Waals surface area contributed by atoms with E-state index in [1.165, 1.54) is 18.2 Å². The van der Waals surface area contributed by atoms with Gasteiger partial charge in [-0.25, -0.2) is 0 Å². The molecule has 2 aromatic rings. The standard InChI is InChI=1S/C25H28N4O4/c30-23-9-8-22(24(31)27-23)29-16-20-19(25(29)32)2-1-3-21(20)26-14-17-4-6-18(7-5-17)15-28-10-12-33-13-11-28/h1-7,22,26H,8-16H2,(H,27,30,31)/t22-/m1/s1/i10D2,11D2,12D2,13D2,14D2,15D2,16D2,22D. The molecular formula is C25H28N4O4. The summed E-state index contributed by atoms with van der Waals surface area (Å²) >= 11 is 0. The number of benzene rings is 2. The molecule has 3 aliphatic rings. The topological polar surface area (TPSA) is 91.0 Å². The number of nitrogens with zero attached hydrogens (tertiary/aromatic N) is 2. The maximum atomic E-state index is 13.4. The van der Waals surface area contributed by atoms with Gasteiger partial charge in [0.25, 0.3) is 5.91 Å². The molecule has 8 nitrogen and oxygen atoms in total. The highest BCUT2D eigenvalue weighted by molar-refractivity contribution is 6.06. The summed E-state index contributed by atoms with van der Waals surface area (Å²) in [5.41, 5.74) is -1.63. The molecule has 3 heterocycles. The van der Waals surface area contributed by atoms with Crippen LogP contribution in [0.2, 0.25) is 0 Å². The lowest BCUT2D eigenvalue weighted by Gasteiger charge is -2.29. The third-order valence-electron chi connectivity index (χ3n) is 4.98. The monoisotopic (exact) mass is 463 g/mol. The van der Waals surface area contributed by atoms with Crippen molar-refractivity contribution in [1.29, 1.82) is 0 Å². The fourth-order valence-electron chi connectivity index (χ4n) is 3.39. The highest BCUT2D eigenvalue weighted by Gasteiger charge is 2.39. The van der Waals surface area contributed by atoms with E-state index in [9.17, 15) is 14.4 Å². The second-order valence-electron chi connectivity index (χ2n) is 7.11. The molecule has 2 saturated heterocycles. The average molecular weight is 464 g/mol. The number of amides is 3. The molecule has 0 aliphatic carbocycles. The number of fused-ring (bicyclic) bond motifs is 1. The van der Waals surface area contributed by atoms with Crippen LogP contribution in [0.1, 0.15) is 60.5 Å². The first-order valence-corrected chi connectivity index (χ1v) is 9.88. The van der Waals surface area contributed by atoms with Gasteiger partial charge in [0.2, 0.25) is 11.8 Å². The SMILES string of the molecule is [2H]C([2H])(Nc1cccc2c1C([2H])([2H])N([C@]1([2H])CCC(=O)NC1=O)C2=O)c1ccc(C([2H])([2H])N2C([2H])([2H])C([2H])([2H])OC([2H])([2H])C2([2H])[2H])cc1. The van der Waals surface area contributed by atoms with E-state index in [2.05, 4.69) is 10.1 Å². The lowest BCUT2D eigenvalue weighted by Crippen LogP contribution is -2.52. The predicted molar refractivity (Wildman–Crippen MR) is 122 cm³/mol. The first-order valence-electron chi connectivity index (χ1n) is 17.4. The Labute approximate surface area is 214 Å². The molecule has 2 aromatic carbocycles. The molecule has 0 aromatic heterocycles. The predicted octanol–water partition coefficient (Wildman–Crippen LogP) is 1.89. The third-order valence-corrected chi connectivity index (χ3v) is 4.98. The smallest absolute Gasteiger partial charge is 0.255 e. The van der Waals surface area contributed by atoms with Crippen LogP contribution < -0.4 is 10.6 Å². The number of carbonyl (C=O) groups excluding carboxylic acids is 3. The summed E-state index contributed by atoms with van der Waals surface area (Å²) in [7, 11) is 0. The molecule has 1 atom stereocenters. The summed E-state index contributed by atoms with van der Waals surface area (Å²) in [5, 5.41) is 4.44. The van der Waals surface area contributed by atoms with Crippen molar-refractivity contribution in [3.05, 3.63) is 64.7 Å². The number of rotatable bonds is 6. The van der Waals surface area contributed by atoms with Crippen molar-refractivity contribution in [3.8, 4) is 0 Å². The minimum absolute atomic E-state index is 0.220. The molecule has 3 amide bonds. The van der Waals surface area contributed by atoms with Gasteiger partial charge in [0.05, 0.1) is 25.5 Å². The quantitative estimate of drug-likeness (QED) is 0.636. The molecule has 33 heavy (non-hydrogen) atoms. The Hall–Kier alpha value is -3.23. The van der Waals surface area contributed by atoms with Crippen LogP contribution in [-0.2, 0) is 33.8 Å². The van der Waals surface area contributed by atoms with Crippen molar-refractivity contribution in [1.82, 2.24) is 15.1 Å². The van der Waals surface area contributed by atoms with Gasteiger partial charge in [0, 0.05) is 63.9 Å². The zero-order valence-electron chi connectivity index (χ0n) is 32.0. The normalized spacial score (nSPS) is 38.6. The van der Waals surface area contributed by atoms with Crippen molar-refractivity contribution in [2.45, 2.75) is 38.4 Å². The van der Waals surface area contributed by atoms with Crippen LogP contribution in [0.4, 0.5) is 5.69 Å². The van der Waals surface area contributed by atoms with Crippen molar-refractivity contribution in [2.24, 2.45) is 0 Å². The highest BCUT2D eigenvalue weighted by atomic mass is 16.5. The van der Waals surface area contributed by atoms with E-state index in [-0.39, 0.29) is 33.7 Å². The highest BCUT2D eigenvalue weighted by Crippen LogP contribution is 2.32. The van der Waals surface area contributed by atoms with Gasteiger partial charge in [0.15, 0.2) is 0 Å². The van der Waals surface area contributed by atoms with E-state index < -0.39 is 81.3 Å². The van der Waals surface area contributed by atoms with E-state index in [4.69, 9.17) is 20.6 Å². The van der Waals surface area contributed by atoms with Crippen molar-refractivity contribution < 1.29 is 39.7 Å². The van der Waals surface area contributed by atoms with Crippen LogP contribution in [0, 0.1) is 0 Å². The van der Waals surface area contributed by atoms with Crippen LogP contribution in [0.3, 0.4) is 0 Å². The number of ether oxygens (including phenoxy) is 1. The Bertz CT molecular complexity index is 1680. The van der Waals surface area contributed by atoms with E-state index in [0.717, 1.165) is 24.3 Å². The minimum Gasteiger partial charge on any atom is -0.381 e. The van der Waals surface area contributed by atoms with Crippen LogP contribution in [0.5, 0.6) is 0 Å². The molecule has 0 spiro atoms. The summed E-state index contributed by atoms with van der Waals surface area (Å²) in [6.07, 6.45) is -0.809. The molecule has 0 saturated carbocycles. The summed E-state index contributed by atoms with van der Waals surface area (Å²) in [5.74, 6) is -2.92. The van der Waals surface area contributed by atoms with Crippen LogP contribution in [0.25, 0.3) is 0 Å². The molecule has 2 fully saturated rings. The number of hydrogen-bond acceptors (Lipinski definition) is 6. The lowest BCUT2D eigenvalue weighted by atomic mass is 10.0. The molecule has 172 valence electrons. The van der Waals surface area contributed by atoms with E-state index in [0.29, 0.717) is 4.90 Å². The van der Waals surface area contributed by atoms with E-state index >= 15 is 0 Å². The number of nitrogens with one attached hydrogen (secondary N) is 2. The molecule has 0 unspecified atom stereocenters. The summed E-state index contributed by atoms with van der Waals surface area (Å²) in [6.45, 7) is -22.8. The molecule has 0 bridgehead atoms. The molecular weight excluding hydrogens is 420 g/mol. The summed E-state index contributed by atoms with van der Waals surface area (Å²) in [4.78, 5) is 37.9. The van der Waals surface area contributed by atoms with Gasteiger partial charge in [-0.1, -0.05) is 30.3 Å². The molecule has 8 heteroatoms. The van der Waals surface area contributed by atoms with Gasteiger partial charge in [-0.3, -0.25) is 24.6 Å². The average Bonchev–Trinajstić information content (AvgIpc) is 3.14. The molecule has 3 aliphatic heterocycles. The lowest BCUT2D eigenvalue weighted by molar-refractivity contribution is -0.136. The number of piperidine rings is 1. The van der Waals surface area contributed by atoms with Gasteiger partial charge in [-0.05, 0) is 29.7 Å². The van der Waals surface area contributed by atoms with Gasteiger partial charge in [-0.2, -0.15) is 0 Å². The second-order valence-corrected chi connectivity index (χ2v) is 7.11. The number of anilines is 1. The van der Waals surface area contributed by atoms with E-state index in [1.807, 2.05) is 5.32 Å². The van der Waals surface area contributed by atoms with Crippen molar-refractivity contribution in [2.75, 3.05) is 31.4 Å². The van der Waals surface area contributed by atoms with Crippen LogP contribution in [-0.4, -0.2) is 59.7 Å². The summed E-state index contributed by atoms with van der Waals surface area (Å²) in [6, 6.07) is 5.28. The fraction of sp³-hybridized carbons (Fsp3) is 0.400. The van der Waals surface area contributed by atoms with Crippen LogP contribution >= 0.6 is 0 Å². The number of hydrogen-bond donors (Lipinski definition) is 2. The molecule has 0 radical (unpaired) electrons. The Balaban J connectivity index is 1.48. The largest absolute Gasteiger partial charge is 0.381 e. The Morgan fingerprint density at radius 3 is 2.64 bits per heavy atom. The first-order chi connectivity index (χ1) is 21.7. The zero-order valence-corrected chi connectivity index (χ0v) is 17.0. The second kappa shape index (κ2) is 9.33. The summed E-state index contributed by atoms with van der Waals surface area (Å²) < 4.78 is 129. The Kier molecular flexibility index (Phi) is 2.93. The number of carbonyl (C=O) groups is 3. The van der Waals surface area contributed by atoms with Gasteiger partial charge < -0.3 is 15.0 Å². The maximum absolute atomic E-state index is 13.4. The fourth-order valence-corrected chi connectivity index (χ4v) is 3.39. The number of imide groups is 1. The van der Waals surface area contributed by atoms with Gasteiger partial charge >= 0.3 is 0 Å². The first kappa shape index (κ1) is 10.4. The van der Waals surface area contributed by atoms with E-state index in [1.54, 1.807) is 0 Å². The van der Waals surface area contributed by atoms with Gasteiger partial charge in [0.1, 0.15) is 6.02 Å². The van der Waals surface area contributed by atoms with Crippen molar-refractivity contribution in [3.63, 3.8) is 0 Å². The zero-order chi connectivity index (χ0) is 36.3. The maximum Gasteiger partial charge on any atom is 0.255 e. The van der Waals surface area contributed by atoms with Crippen molar-refractivity contribution >= 4 is 23.4 Å². The Morgan fingerprint density at radius 1 is 1.12 bits per heavy atom. The third kappa shape index (κ3) is 4.62.